The molecule has 0 spiro atoms. The molecule has 15 heavy (non-hydrogen) atoms. The first kappa shape index (κ1) is 13.1. The average Bonchev–Trinajstić information content (AvgIpc) is 2.21. The van der Waals surface area contributed by atoms with Gasteiger partial charge in [0, 0.05) is 13.1 Å². The number of amidine groups is 1. The lowest BCUT2D eigenvalue weighted by molar-refractivity contribution is -0.123. The zero-order valence-electron chi connectivity index (χ0n) is 8.65. The molecule has 2 amide bonds. The highest BCUT2D eigenvalue weighted by Gasteiger charge is 2.21. The number of hydrogen-bond donors (Lipinski definition) is 3. The van der Waals surface area contributed by atoms with E-state index in [1.807, 2.05) is 5.32 Å². The van der Waals surface area contributed by atoms with Crippen LogP contribution < -0.4 is 5.32 Å². The van der Waals surface area contributed by atoms with Gasteiger partial charge < -0.3 is 15.4 Å². The van der Waals surface area contributed by atoms with Crippen LogP contribution in [0.5, 0.6) is 0 Å². The summed E-state index contributed by atoms with van der Waals surface area (Å²) in [4.78, 5) is 23.0. The Labute approximate surface area is 87.3 Å². The second kappa shape index (κ2) is 6.52. The van der Waals surface area contributed by atoms with Gasteiger partial charge in [0.05, 0.1) is 0 Å². The van der Waals surface area contributed by atoms with Crippen molar-refractivity contribution in [2.45, 2.75) is 13.8 Å². The first-order chi connectivity index (χ1) is 7.12. The van der Waals surface area contributed by atoms with Gasteiger partial charge in [0.2, 0.25) is 12.1 Å². The number of hydrogen-bond acceptors (Lipinski definition) is 5. The Bertz CT molecular complexity index is 284. The molecule has 0 atom stereocenters. The Kier molecular flexibility index (Phi) is 5.69. The molecule has 84 valence electrons. The van der Waals surface area contributed by atoms with Gasteiger partial charge in [-0.05, 0) is 13.8 Å². The van der Waals surface area contributed by atoms with Crippen LogP contribution in [0.4, 0.5) is 0 Å². The summed E-state index contributed by atoms with van der Waals surface area (Å²) >= 11 is 0. The Balaban J connectivity index is 4.76. The third kappa shape index (κ3) is 3.37. The van der Waals surface area contributed by atoms with Crippen molar-refractivity contribution in [3.05, 3.63) is 0 Å². The molecule has 0 aliphatic heterocycles. The van der Waals surface area contributed by atoms with Gasteiger partial charge in [0.15, 0.2) is 5.84 Å². The van der Waals surface area contributed by atoms with Gasteiger partial charge in [-0.15, -0.1) is 0 Å². The lowest BCUT2D eigenvalue weighted by Gasteiger charge is -2.18. The topological polar surface area (TPSA) is 106 Å². The molecule has 0 aromatic rings. The van der Waals surface area contributed by atoms with Gasteiger partial charge in [-0.1, -0.05) is 5.16 Å². The Hall–Kier alpha value is -1.92. The molecule has 0 fully saturated rings. The molecule has 0 aliphatic carbocycles. The van der Waals surface area contributed by atoms with E-state index in [4.69, 9.17) is 10.6 Å². The molecule has 0 aromatic heterocycles. The smallest absolute Gasteiger partial charge is 0.279 e. The molecule has 0 heterocycles. The van der Waals surface area contributed by atoms with E-state index in [0.29, 0.717) is 13.1 Å². The number of rotatable bonds is 5. The van der Waals surface area contributed by atoms with Crippen LogP contribution in [0, 0.1) is 5.41 Å². The van der Waals surface area contributed by atoms with Crippen molar-refractivity contribution >= 4 is 23.9 Å². The number of oxime groups is 1. The summed E-state index contributed by atoms with van der Waals surface area (Å²) in [5, 5.41) is 20.5. The molecular formula is C8H14N4O3. The molecule has 7 nitrogen and oxygen atoms in total. The molecule has 7 heteroatoms. The standard InChI is InChI=1S/C8H14N4O3/c1-3-12(4-2)8(14)6(11-15)7(9)10-5-13/h5,15H,3-4H2,1-2H3,(H2,9,10,13). The highest BCUT2D eigenvalue weighted by atomic mass is 16.4. The summed E-state index contributed by atoms with van der Waals surface area (Å²) in [5.74, 6) is -1.12. The summed E-state index contributed by atoms with van der Waals surface area (Å²) in [6.07, 6.45) is 0.239. The molecule has 0 unspecified atom stereocenters. The highest BCUT2D eigenvalue weighted by Crippen LogP contribution is 1.92. The SMILES string of the molecule is CCN(CC)C(=O)C(=NO)C(=N)NC=O. The van der Waals surface area contributed by atoms with Crippen molar-refractivity contribution in [3.8, 4) is 0 Å². The molecule has 3 N–H and O–H groups in total. The van der Waals surface area contributed by atoms with E-state index in [9.17, 15) is 9.59 Å². The van der Waals surface area contributed by atoms with Crippen molar-refractivity contribution < 1.29 is 14.8 Å². The number of nitrogens with one attached hydrogen (secondary N) is 2. The van der Waals surface area contributed by atoms with Crippen LogP contribution in [0.15, 0.2) is 5.16 Å². The van der Waals surface area contributed by atoms with Crippen LogP contribution in [0.3, 0.4) is 0 Å². The number of carbonyl (C=O) groups is 2. The molecule has 0 saturated carbocycles. The molecule has 0 aromatic carbocycles. The van der Waals surface area contributed by atoms with Crippen molar-refractivity contribution in [1.82, 2.24) is 10.2 Å². The number of nitrogens with zero attached hydrogens (tertiary/aromatic N) is 2. The molecule has 0 bridgehead atoms. The second-order valence-corrected chi connectivity index (χ2v) is 2.56. The van der Waals surface area contributed by atoms with Gasteiger partial charge in [0.1, 0.15) is 0 Å². The third-order valence-corrected chi connectivity index (χ3v) is 1.79. The van der Waals surface area contributed by atoms with Crippen LogP contribution in [-0.2, 0) is 9.59 Å². The molecule has 0 aliphatic rings. The van der Waals surface area contributed by atoms with Gasteiger partial charge in [0.25, 0.3) is 5.91 Å². The maximum absolute atomic E-state index is 11.6. The minimum atomic E-state index is -0.596. The first-order valence-corrected chi connectivity index (χ1v) is 4.42. The second-order valence-electron chi connectivity index (χ2n) is 2.56. The average molecular weight is 214 g/mol. The highest BCUT2D eigenvalue weighted by molar-refractivity contribution is 6.66. The van der Waals surface area contributed by atoms with Crippen LogP contribution in [-0.4, -0.2) is 47.1 Å². The van der Waals surface area contributed by atoms with Crippen LogP contribution in [0.1, 0.15) is 13.8 Å². The van der Waals surface area contributed by atoms with Crippen LogP contribution in [0.2, 0.25) is 0 Å². The summed E-state index contributed by atoms with van der Waals surface area (Å²) in [6.45, 7) is 4.38. The van der Waals surface area contributed by atoms with Crippen molar-refractivity contribution in [2.24, 2.45) is 5.16 Å². The zero-order valence-corrected chi connectivity index (χ0v) is 8.65. The lowest BCUT2D eigenvalue weighted by atomic mass is 10.3. The van der Waals surface area contributed by atoms with Gasteiger partial charge in [-0.2, -0.15) is 0 Å². The van der Waals surface area contributed by atoms with Crippen molar-refractivity contribution in [2.75, 3.05) is 13.1 Å². The normalized spacial score (nSPS) is 10.7. The van der Waals surface area contributed by atoms with E-state index in [2.05, 4.69) is 5.16 Å². The van der Waals surface area contributed by atoms with Gasteiger partial charge in [-0.25, -0.2) is 0 Å². The van der Waals surface area contributed by atoms with E-state index in [1.54, 1.807) is 13.8 Å². The third-order valence-electron chi connectivity index (χ3n) is 1.79. The largest absolute Gasteiger partial charge is 0.410 e. The predicted molar refractivity (Wildman–Crippen MR) is 54.1 cm³/mol. The molecule has 0 radical (unpaired) electrons. The van der Waals surface area contributed by atoms with Gasteiger partial charge in [-0.3, -0.25) is 15.0 Å². The molecule has 0 saturated heterocycles. The predicted octanol–water partition coefficient (Wildman–Crippen LogP) is -0.592. The fraction of sp³-hybridized carbons (Fsp3) is 0.500. The van der Waals surface area contributed by atoms with Crippen molar-refractivity contribution in [3.63, 3.8) is 0 Å². The number of amides is 2. The minimum Gasteiger partial charge on any atom is -0.410 e. The van der Waals surface area contributed by atoms with Crippen LogP contribution >= 0.6 is 0 Å². The minimum absolute atomic E-state index is 0.239. The summed E-state index contributed by atoms with van der Waals surface area (Å²) in [6, 6.07) is 0. The summed E-state index contributed by atoms with van der Waals surface area (Å²) in [5.41, 5.74) is -0.481. The van der Waals surface area contributed by atoms with E-state index >= 15 is 0 Å². The maximum Gasteiger partial charge on any atom is 0.279 e. The van der Waals surface area contributed by atoms with Crippen LogP contribution in [0.25, 0.3) is 0 Å². The fourth-order valence-corrected chi connectivity index (χ4v) is 0.988. The van der Waals surface area contributed by atoms with E-state index in [0.717, 1.165) is 0 Å². The molecule has 0 rings (SSSR count). The van der Waals surface area contributed by atoms with E-state index < -0.39 is 17.5 Å². The number of carbonyl (C=O) groups excluding carboxylic acids is 2. The Morgan fingerprint density at radius 2 is 2.07 bits per heavy atom. The fourth-order valence-electron chi connectivity index (χ4n) is 0.988. The molecular weight excluding hydrogens is 200 g/mol. The lowest BCUT2D eigenvalue weighted by Crippen LogP contribution is -2.43. The summed E-state index contributed by atoms with van der Waals surface area (Å²) < 4.78 is 0. The van der Waals surface area contributed by atoms with Crippen molar-refractivity contribution in [1.29, 1.82) is 5.41 Å². The Morgan fingerprint density at radius 3 is 2.40 bits per heavy atom. The Morgan fingerprint density at radius 1 is 1.53 bits per heavy atom. The van der Waals surface area contributed by atoms with E-state index in [-0.39, 0.29) is 6.41 Å². The van der Waals surface area contributed by atoms with E-state index in [1.165, 1.54) is 4.90 Å². The maximum atomic E-state index is 11.6. The summed E-state index contributed by atoms with van der Waals surface area (Å²) in [7, 11) is 0. The van der Waals surface area contributed by atoms with Gasteiger partial charge >= 0.3 is 0 Å². The zero-order chi connectivity index (χ0) is 11.8. The quantitative estimate of drug-likeness (QED) is 0.187. The monoisotopic (exact) mass is 214 g/mol. The first-order valence-electron chi connectivity index (χ1n) is 4.42.